The number of carbonyl (C=O) groups is 1. The molecule has 106 valence electrons. The van der Waals surface area contributed by atoms with Gasteiger partial charge in [0, 0.05) is 18.6 Å². The number of hydrogen-bond donors (Lipinski definition) is 2. The summed E-state index contributed by atoms with van der Waals surface area (Å²) in [6.45, 7) is 11.3. The summed E-state index contributed by atoms with van der Waals surface area (Å²) >= 11 is 0. The summed E-state index contributed by atoms with van der Waals surface area (Å²) in [5.41, 5.74) is 0. The zero-order chi connectivity index (χ0) is 13.5. The van der Waals surface area contributed by atoms with Crippen LogP contribution in [0.3, 0.4) is 0 Å². The van der Waals surface area contributed by atoms with Gasteiger partial charge in [0.05, 0.1) is 6.04 Å². The molecule has 0 aliphatic carbocycles. The average Bonchev–Trinajstić information content (AvgIpc) is 2.87. The summed E-state index contributed by atoms with van der Waals surface area (Å²) < 4.78 is 0. The maximum Gasteiger partial charge on any atom is 0.237 e. The lowest BCUT2D eigenvalue weighted by Gasteiger charge is -2.30. The van der Waals surface area contributed by atoms with Crippen LogP contribution < -0.4 is 10.6 Å². The van der Waals surface area contributed by atoms with Crippen molar-refractivity contribution in [2.45, 2.75) is 65.1 Å². The fourth-order valence-corrected chi connectivity index (χ4v) is 2.39. The molecule has 2 N–H and O–H groups in total. The highest BCUT2D eigenvalue weighted by molar-refractivity contribution is 5.81. The Hall–Kier alpha value is -0.610. The van der Waals surface area contributed by atoms with E-state index in [2.05, 4.69) is 36.3 Å². The van der Waals surface area contributed by atoms with Crippen LogP contribution in [0.4, 0.5) is 0 Å². The smallest absolute Gasteiger partial charge is 0.237 e. The highest BCUT2D eigenvalue weighted by Crippen LogP contribution is 2.09. The molecule has 0 aromatic heterocycles. The van der Waals surface area contributed by atoms with Gasteiger partial charge >= 0.3 is 0 Å². The summed E-state index contributed by atoms with van der Waals surface area (Å²) in [5, 5.41) is 6.56. The summed E-state index contributed by atoms with van der Waals surface area (Å²) in [4.78, 5) is 14.4. The molecule has 0 saturated carbocycles. The molecule has 1 heterocycles. The second kappa shape index (κ2) is 7.74. The van der Waals surface area contributed by atoms with Crippen molar-refractivity contribution in [2.75, 3.05) is 19.6 Å². The van der Waals surface area contributed by atoms with E-state index < -0.39 is 0 Å². The van der Waals surface area contributed by atoms with Crippen molar-refractivity contribution in [3.05, 3.63) is 0 Å². The molecule has 18 heavy (non-hydrogen) atoms. The summed E-state index contributed by atoms with van der Waals surface area (Å²) in [6, 6.07) is 0.790. The Balaban J connectivity index is 2.44. The quantitative estimate of drug-likeness (QED) is 0.722. The number of nitrogens with one attached hydrogen (secondary N) is 2. The Bertz CT molecular complexity index is 251. The average molecular weight is 255 g/mol. The van der Waals surface area contributed by atoms with E-state index >= 15 is 0 Å². The normalized spacial score (nSPS) is 23.1. The lowest BCUT2D eigenvalue weighted by molar-refractivity contribution is -0.126. The largest absolute Gasteiger partial charge is 0.352 e. The molecule has 0 aromatic carbocycles. The summed E-state index contributed by atoms with van der Waals surface area (Å²) in [5.74, 6) is 0.157. The molecular formula is C14H29N3O. The molecule has 1 aliphatic rings. The molecule has 4 nitrogen and oxygen atoms in total. The van der Waals surface area contributed by atoms with E-state index in [9.17, 15) is 4.79 Å². The topological polar surface area (TPSA) is 44.4 Å². The SMILES string of the molecule is CCC(C)NC(=O)C(C)N(CC)CC1CCCN1. The third-order valence-electron chi connectivity index (χ3n) is 3.95. The van der Waals surface area contributed by atoms with E-state index in [4.69, 9.17) is 0 Å². The zero-order valence-corrected chi connectivity index (χ0v) is 12.3. The van der Waals surface area contributed by atoms with Gasteiger partial charge in [0.15, 0.2) is 0 Å². The minimum atomic E-state index is -0.0357. The Morgan fingerprint density at radius 1 is 1.44 bits per heavy atom. The third-order valence-corrected chi connectivity index (χ3v) is 3.95. The van der Waals surface area contributed by atoms with Gasteiger partial charge in [0.1, 0.15) is 0 Å². The number of nitrogens with zero attached hydrogens (tertiary/aromatic N) is 1. The maximum absolute atomic E-state index is 12.1. The first-order valence-corrected chi connectivity index (χ1v) is 7.36. The van der Waals surface area contributed by atoms with Crippen LogP contribution in [0.5, 0.6) is 0 Å². The van der Waals surface area contributed by atoms with Crippen LogP contribution >= 0.6 is 0 Å². The van der Waals surface area contributed by atoms with Gasteiger partial charge < -0.3 is 10.6 Å². The van der Waals surface area contributed by atoms with E-state index in [0.29, 0.717) is 6.04 Å². The molecule has 1 aliphatic heterocycles. The van der Waals surface area contributed by atoms with Gasteiger partial charge in [-0.1, -0.05) is 13.8 Å². The molecular weight excluding hydrogens is 226 g/mol. The number of rotatable bonds is 7. The molecule has 1 rings (SSSR count). The number of hydrogen-bond acceptors (Lipinski definition) is 3. The predicted octanol–water partition coefficient (Wildman–Crippen LogP) is 1.36. The van der Waals surface area contributed by atoms with E-state index in [1.165, 1.54) is 12.8 Å². The molecule has 0 bridgehead atoms. The molecule has 4 heteroatoms. The van der Waals surface area contributed by atoms with Crippen LogP contribution in [-0.4, -0.2) is 48.6 Å². The Morgan fingerprint density at radius 3 is 2.67 bits per heavy atom. The fourth-order valence-electron chi connectivity index (χ4n) is 2.39. The summed E-state index contributed by atoms with van der Waals surface area (Å²) in [7, 11) is 0. The Labute approximate surface area is 111 Å². The van der Waals surface area contributed by atoms with Crippen LogP contribution in [0.2, 0.25) is 0 Å². The van der Waals surface area contributed by atoms with E-state index in [1.54, 1.807) is 0 Å². The van der Waals surface area contributed by atoms with E-state index in [-0.39, 0.29) is 18.0 Å². The molecule has 1 amide bonds. The van der Waals surface area contributed by atoms with Crippen molar-refractivity contribution >= 4 is 5.91 Å². The third kappa shape index (κ3) is 4.58. The van der Waals surface area contributed by atoms with Gasteiger partial charge in [0.2, 0.25) is 5.91 Å². The minimum absolute atomic E-state index is 0.0357. The van der Waals surface area contributed by atoms with Gasteiger partial charge in [-0.15, -0.1) is 0 Å². The number of carbonyl (C=O) groups excluding carboxylic acids is 1. The fraction of sp³-hybridized carbons (Fsp3) is 0.929. The lowest BCUT2D eigenvalue weighted by atomic mass is 10.1. The van der Waals surface area contributed by atoms with Crippen LogP contribution in [0.25, 0.3) is 0 Å². The molecule has 0 radical (unpaired) electrons. The summed E-state index contributed by atoms with van der Waals surface area (Å²) in [6.07, 6.45) is 3.47. The van der Waals surface area contributed by atoms with Crippen molar-refractivity contribution < 1.29 is 4.79 Å². The molecule has 1 saturated heterocycles. The van der Waals surface area contributed by atoms with Gasteiger partial charge in [-0.2, -0.15) is 0 Å². The highest BCUT2D eigenvalue weighted by atomic mass is 16.2. The Kier molecular flexibility index (Phi) is 6.65. The van der Waals surface area contributed by atoms with Gasteiger partial charge in [0.25, 0.3) is 0 Å². The van der Waals surface area contributed by atoms with Crippen LogP contribution in [0.1, 0.15) is 47.0 Å². The Morgan fingerprint density at radius 2 is 2.17 bits per heavy atom. The van der Waals surface area contributed by atoms with Crippen molar-refractivity contribution in [1.29, 1.82) is 0 Å². The highest BCUT2D eigenvalue weighted by Gasteiger charge is 2.24. The van der Waals surface area contributed by atoms with Gasteiger partial charge in [-0.25, -0.2) is 0 Å². The first-order chi connectivity index (χ1) is 8.58. The molecule has 3 atom stereocenters. The number of amides is 1. The van der Waals surface area contributed by atoms with Crippen molar-refractivity contribution in [3.8, 4) is 0 Å². The van der Waals surface area contributed by atoms with Gasteiger partial charge in [-0.3, -0.25) is 9.69 Å². The second-order valence-corrected chi connectivity index (χ2v) is 5.37. The number of likely N-dealkylation sites (N-methyl/N-ethyl adjacent to an activating group) is 1. The van der Waals surface area contributed by atoms with Crippen LogP contribution in [-0.2, 0) is 4.79 Å². The first-order valence-electron chi connectivity index (χ1n) is 7.36. The van der Waals surface area contributed by atoms with Crippen LogP contribution in [0, 0.1) is 0 Å². The second-order valence-electron chi connectivity index (χ2n) is 5.37. The van der Waals surface area contributed by atoms with Crippen molar-refractivity contribution in [1.82, 2.24) is 15.5 Å². The molecule has 3 unspecified atom stereocenters. The predicted molar refractivity (Wildman–Crippen MR) is 75.6 cm³/mol. The lowest BCUT2D eigenvalue weighted by Crippen LogP contribution is -2.50. The van der Waals surface area contributed by atoms with Crippen molar-refractivity contribution in [3.63, 3.8) is 0 Å². The minimum Gasteiger partial charge on any atom is -0.352 e. The molecule has 0 aromatic rings. The zero-order valence-electron chi connectivity index (χ0n) is 12.3. The van der Waals surface area contributed by atoms with Crippen molar-refractivity contribution in [2.24, 2.45) is 0 Å². The van der Waals surface area contributed by atoms with E-state index in [1.807, 2.05) is 6.92 Å². The standard InChI is InChI=1S/C14H29N3O/c1-5-11(3)16-14(18)12(4)17(6-2)10-13-8-7-9-15-13/h11-13,15H,5-10H2,1-4H3,(H,16,18). The van der Waals surface area contributed by atoms with E-state index in [0.717, 1.165) is 26.1 Å². The van der Waals surface area contributed by atoms with Gasteiger partial charge in [-0.05, 0) is 46.2 Å². The first kappa shape index (κ1) is 15.4. The van der Waals surface area contributed by atoms with Crippen LogP contribution in [0.15, 0.2) is 0 Å². The monoisotopic (exact) mass is 255 g/mol. The maximum atomic E-state index is 12.1. The molecule has 0 spiro atoms. The molecule has 1 fully saturated rings.